The first-order valence-corrected chi connectivity index (χ1v) is 11.6. The van der Waals surface area contributed by atoms with Gasteiger partial charge in [-0.2, -0.15) is 0 Å². The third-order valence-electron chi connectivity index (χ3n) is 4.36. The van der Waals surface area contributed by atoms with Crippen molar-refractivity contribution in [3.63, 3.8) is 0 Å². The second-order valence-electron chi connectivity index (χ2n) is 6.76. The number of benzene rings is 2. The average molecular weight is 430 g/mol. The number of amides is 1. The number of nitrogens with zero attached hydrogens (tertiary/aromatic N) is 1. The van der Waals surface area contributed by atoms with E-state index in [1.807, 2.05) is 38.3 Å². The Bertz CT molecular complexity index is 1110. The molecule has 0 aliphatic carbocycles. The van der Waals surface area contributed by atoms with Gasteiger partial charge in [0.1, 0.15) is 5.01 Å². The quantitative estimate of drug-likeness (QED) is 0.581. The predicted octanol–water partition coefficient (Wildman–Crippen LogP) is 4.44. The first kappa shape index (κ1) is 21.0. The van der Waals surface area contributed by atoms with Crippen molar-refractivity contribution in [2.24, 2.45) is 0 Å². The van der Waals surface area contributed by atoms with Gasteiger partial charge in [0, 0.05) is 22.3 Å². The van der Waals surface area contributed by atoms with Crippen molar-refractivity contribution in [2.45, 2.75) is 38.1 Å². The van der Waals surface area contributed by atoms with Crippen LogP contribution in [0.4, 0.5) is 5.69 Å². The molecule has 1 atom stereocenters. The Balaban J connectivity index is 1.78. The van der Waals surface area contributed by atoms with E-state index in [4.69, 9.17) is 0 Å². The second-order valence-corrected chi connectivity index (χ2v) is 9.33. The zero-order chi connectivity index (χ0) is 21.0. The van der Waals surface area contributed by atoms with E-state index in [-0.39, 0.29) is 22.4 Å². The van der Waals surface area contributed by atoms with Crippen LogP contribution < -0.4 is 10.0 Å². The maximum atomic E-state index is 12.7. The number of rotatable bonds is 7. The molecule has 152 valence electrons. The number of thiazole rings is 1. The molecule has 0 fully saturated rings. The van der Waals surface area contributed by atoms with Gasteiger partial charge in [-0.1, -0.05) is 30.7 Å². The fourth-order valence-corrected chi connectivity index (χ4v) is 4.79. The molecule has 0 aliphatic heterocycles. The Kier molecular flexibility index (Phi) is 6.34. The smallest absolute Gasteiger partial charge is 0.261 e. The summed E-state index contributed by atoms with van der Waals surface area (Å²) < 4.78 is 28.0. The van der Waals surface area contributed by atoms with Gasteiger partial charge < -0.3 is 5.32 Å². The van der Waals surface area contributed by atoms with Crippen LogP contribution in [-0.4, -0.2) is 19.3 Å². The number of aromatic nitrogens is 1. The summed E-state index contributed by atoms with van der Waals surface area (Å²) in [5.41, 5.74) is 2.69. The topological polar surface area (TPSA) is 88.2 Å². The molecular formula is C21H23N3O3S2. The molecule has 1 heterocycles. The van der Waals surface area contributed by atoms with E-state index >= 15 is 0 Å². The maximum Gasteiger partial charge on any atom is 0.261 e. The van der Waals surface area contributed by atoms with E-state index in [0.29, 0.717) is 12.1 Å². The number of anilines is 1. The summed E-state index contributed by atoms with van der Waals surface area (Å²) in [5.74, 6) is -0.336. The number of aryl methyl sites for hydroxylation is 2. The Morgan fingerprint density at radius 2 is 1.86 bits per heavy atom. The van der Waals surface area contributed by atoms with Crippen molar-refractivity contribution in [3.05, 3.63) is 75.7 Å². The Morgan fingerprint density at radius 1 is 1.14 bits per heavy atom. The largest absolute Gasteiger partial charge is 0.343 e. The van der Waals surface area contributed by atoms with Crippen molar-refractivity contribution >= 4 is 33.0 Å². The lowest BCUT2D eigenvalue weighted by atomic mass is 10.1. The lowest BCUT2D eigenvalue weighted by molar-refractivity contribution is 0.0935. The van der Waals surface area contributed by atoms with Gasteiger partial charge in [0.25, 0.3) is 15.9 Å². The molecule has 1 unspecified atom stereocenters. The number of sulfonamides is 1. The fraction of sp³-hybridized carbons (Fsp3) is 0.238. The van der Waals surface area contributed by atoms with E-state index < -0.39 is 10.0 Å². The molecule has 29 heavy (non-hydrogen) atoms. The summed E-state index contributed by atoms with van der Waals surface area (Å²) in [6.07, 6.45) is 0.686. The highest BCUT2D eigenvalue weighted by Crippen LogP contribution is 2.22. The molecule has 3 aromatic rings. The molecule has 1 aromatic heterocycles. The minimum absolute atomic E-state index is 0.0314. The van der Waals surface area contributed by atoms with Gasteiger partial charge in [-0.05, 0) is 50.6 Å². The molecule has 8 heteroatoms. The van der Waals surface area contributed by atoms with Crippen LogP contribution >= 0.6 is 11.3 Å². The zero-order valence-electron chi connectivity index (χ0n) is 16.5. The van der Waals surface area contributed by atoms with Crippen LogP contribution in [0.2, 0.25) is 0 Å². The molecular weight excluding hydrogens is 406 g/mol. The molecule has 6 nitrogen and oxygen atoms in total. The summed E-state index contributed by atoms with van der Waals surface area (Å²) in [4.78, 5) is 17.2. The van der Waals surface area contributed by atoms with Gasteiger partial charge in [-0.15, -0.1) is 11.3 Å². The molecule has 2 N–H and O–H groups in total. The highest BCUT2D eigenvalue weighted by atomic mass is 32.2. The Labute approximate surface area is 175 Å². The molecule has 0 radical (unpaired) electrons. The van der Waals surface area contributed by atoms with Crippen molar-refractivity contribution in [1.29, 1.82) is 0 Å². The number of hydrogen-bond donors (Lipinski definition) is 2. The van der Waals surface area contributed by atoms with Crippen LogP contribution in [0.25, 0.3) is 0 Å². The minimum Gasteiger partial charge on any atom is -0.343 e. The Hall–Kier alpha value is -2.71. The molecule has 0 aliphatic rings. The monoisotopic (exact) mass is 429 g/mol. The van der Waals surface area contributed by atoms with Gasteiger partial charge >= 0.3 is 0 Å². The number of carbonyl (C=O) groups excluding carboxylic acids is 1. The summed E-state index contributed by atoms with van der Waals surface area (Å²) >= 11 is 1.50. The molecule has 0 spiro atoms. The first-order chi connectivity index (χ1) is 13.8. The third-order valence-corrected chi connectivity index (χ3v) is 6.81. The van der Waals surface area contributed by atoms with Gasteiger partial charge in [0.15, 0.2) is 0 Å². The SMILES string of the molecule is CCC(NC(=O)c1cccc(S(=O)(=O)Nc2ccc(C)cc2)c1)c1nc(C)cs1. The van der Waals surface area contributed by atoms with Crippen LogP contribution in [0.15, 0.2) is 58.8 Å². The van der Waals surface area contributed by atoms with E-state index in [9.17, 15) is 13.2 Å². The van der Waals surface area contributed by atoms with E-state index in [1.165, 1.54) is 23.5 Å². The van der Waals surface area contributed by atoms with Crippen molar-refractivity contribution in [2.75, 3.05) is 4.72 Å². The second kappa shape index (κ2) is 8.75. The molecule has 3 rings (SSSR count). The highest BCUT2D eigenvalue weighted by molar-refractivity contribution is 7.92. The van der Waals surface area contributed by atoms with Crippen LogP contribution in [0.1, 0.15) is 46.0 Å². The lowest BCUT2D eigenvalue weighted by Gasteiger charge is -2.15. The summed E-state index contributed by atoms with van der Waals surface area (Å²) in [6.45, 7) is 5.80. The Morgan fingerprint density at radius 3 is 2.48 bits per heavy atom. The fourth-order valence-electron chi connectivity index (χ4n) is 2.75. The normalized spacial score (nSPS) is 12.4. The molecule has 0 saturated heterocycles. The number of carbonyl (C=O) groups is 1. The van der Waals surface area contributed by atoms with Crippen LogP contribution in [0.5, 0.6) is 0 Å². The van der Waals surface area contributed by atoms with Crippen molar-refractivity contribution in [1.82, 2.24) is 10.3 Å². The molecule has 0 saturated carbocycles. The molecule has 2 aromatic carbocycles. The third kappa shape index (κ3) is 5.21. The first-order valence-electron chi connectivity index (χ1n) is 9.21. The van der Waals surface area contributed by atoms with Gasteiger partial charge in [-0.25, -0.2) is 13.4 Å². The van der Waals surface area contributed by atoms with Gasteiger partial charge in [0.05, 0.1) is 10.9 Å². The maximum absolute atomic E-state index is 12.7. The average Bonchev–Trinajstić information content (AvgIpc) is 3.14. The standard InChI is InChI=1S/C21H23N3O3S2/c1-4-19(21-22-15(3)13-28-21)23-20(25)16-6-5-7-18(12-16)29(26,27)24-17-10-8-14(2)9-11-17/h5-13,19,24H,4H2,1-3H3,(H,23,25). The van der Waals surface area contributed by atoms with Crippen molar-refractivity contribution < 1.29 is 13.2 Å². The minimum atomic E-state index is -3.81. The summed E-state index contributed by atoms with van der Waals surface area (Å²) in [6, 6.07) is 12.8. The highest BCUT2D eigenvalue weighted by Gasteiger charge is 2.20. The number of hydrogen-bond acceptors (Lipinski definition) is 5. The van der Waals surface area contributed by atoms with Crippen molar-refractivity contribution in [3.8, 4) is 0 Å². The zero-order valence-corrected chi connectivity index (χ0v) is 18.1. The van der Waals surface area contributed by atoms with E-state index in [2.05, 4.69) is 15.0 Å². The lowest BCUT2D eigenvalue weighted by Crippen LogP contribution is -2.28. The molecule has 1 amide bonds. The number of nitrogens with one attached hydrogen (secondary N) is 2. The predicted molar refractivity (Wildman–Crippen MR) is 116 cm³/mol. The van der Waals surface area contributed by atoms with Gasteiger partial charge in [0.2, 0.25) is 0 Å². The van der Waals surface area contributed by atoms with E-state index in [1.54, 1.807) is 24.3 Å². The molecule has 0 bridgehead atoms. The van der Waals surface area contributed by atoms with Crippen LogP contribution in [0.3, 0.4) is 0 Å². The van der Waals surface area contributed by atoms with Gasteiger partial charge in [-0.3, -0.25) is 9.52 Å². The summed E-state index contributed by atoms with van der Waals surface area (Å²) in [5, 5.41) is 5.72. The van der Waals surface area contributed by atoms with Crippen LogP contribution in [0, 0.1) is 13.8 Å². The van der Waals surface area contributed by atoms with Crippen LogP contribution in [-0.2, 0) is 10.0 Å². The van der Waals surface area contributed by atoms with E-state index in [0.717, 1.165) is 16.3 Å². The summed E-state index contributed by atoms with van der Waals surface area (Å²) in [7, 11) is -3.81.